The smallest absolute Gasteiger partial charge is 0.407 e. The molecule has 1 aromatic carbocycles. The highest BCUT2D eigenvalue weighted by Crippen LogP contribution is 2.00. The number of carbonyl (C=O) groups excluding carboxylic acids is 3. The average Bonchev–Trinajstić information content (AvgIpc) is 2.51. The zero-order chi connectivity index (χ0) is 15.7. The number of hydrogen-bond donors (Lipinski definition) is 2. The summed E-state index contributed by atoms with van der Waals surface area (Å²) in [5.74, 6) is -0.659. The summed E-state index contributed by atoms with van der Waals surface area (Å²) in [5, 5.41) is 4.75. The highest BCUT2D eigenvalue weighted by molar-refractivity contribution is 5.86. The lowest BCUT2D eigenvalue weighted by Gasteiger charge is -2.16. The van der Waals surface area contributed by atoms with Gasteiger partial charge >= 0.3 is 6.09 Å². The summed E-state index contributed by atoms with van der Waals surface area (Å²) in [4.78, 5) is 35.4. The first-order valence-corrected chi connectivity index (χ1v) is 6.42. The van der Waals surface area contributed by atoms with Crippen LogP contribution < -0.4 is 10.6 Å². The van der Waals surface area contributed by atoms with Gasteiger partial charge in [0.25, 0.3) is 0 Å². The van der Waals surface area contributed by atoms with Crippen molar-refractivity contribution in [2.75, 3.05) is 27.2 Å². The molecule has 0 aliphatic rings. The number of benzene rings is 1. The lowest BCUT2D eigenvalue weighted by Crippen LogP contribution is -2.42. The summed E-state index contributed by atoms with van der Waals surface area (Å²) in [6.07, 6.45) is -0.680. The second-order valence-electron chi connectivity index (χ2n) is 4.34. The van der Waals surface area contributed by atoms with Gasteiger partial charge in [-0.3, -0.25) is 9.59 Å². The molecule has 0 heterocycles. The van der Waals surface area contributed by atoms with E-state index in [1.807, 2.05) is 30.3 Å². The molecule has 1 aromatic rings. The lowest BCUT2D eigenvalue weighted by atomic mass is 10.2. The summed E-state index contributed by atoms with van der Waals surface area (Å²) in [7, 11) is 2.97. The van der Waals surface area contributed by atoms with E-state index in [-0.39, 0.29) is 31.5 Å². The number of nitrogens with one attached hydrogen (secondary N) is 2. The third-order valence-corrected chi connectivity index (χ3v) is 2.68. The molecule has 0 fully saturated rings. The van der Waals surface area contributed by atoms with Gasteiger partial charge in [-0.2, -0.15) is 0 Å². The zero-order valence-electron chi connectivity index (χ0n) is 12.1. The Kier molecular flexibility index (Phi) is 6.73. The van der Waals surface area contributed by atoms with E-state index >= 15 is 0 Å². The van der Waals surface area contributed by atoms with Gasteiger partial charge in [0.05, 0.1) is 6.54 Å². The van der Waals surface area contributed by atoms with Crippen LogP contribution in [-0.2, 0) is 20.9 Å². The van der Waals surface area contributed by atoms with Crippen molar-refractivity contribution in [3.63, 3.8) is 0 Å². The molecular weight excluding hydrogens is 274 g/mol. The van der Waals surface area contributed by atoms with Crippen molar-refractivity contribution in [1.82, 2.24) is 15.5 Å². The molecule has 0 aromatic heterocycles. The van der Waals surface area contributed by atoms with Gasteiger partial charge in [-0.15, -0.1) is 0 Å². The van der Waals surface area contributed by atoms with Crippen molar-refractivity contribution in [2.45, 2.75) is 6.61 Å². The number of likely N-dealkylation sites (N-methyl/N-ethyl adjacent to an activating group) is 2. The maximum absolute atomic E-state index is 11.6. The second kappa shape index (κ2) is 8.57. The molecule has 1 rings (SSSR count). The topological polar surface area (TPSA) is 87.7 Å². The van der Waals surface area contributed by atoms with E-state index < -0.39 is 6.09 Å². The molecule has 7 heteroatoms. The summed E-state index contributed by atoms with van der Waals surface area (Å²) in [5.41, 5.74) is 0.857. The maximum atomic E-state index is 11.6. The molecule has 0 unspecified atom stereocenters. The molecule has 0 saturated heterocycles. The van der Waals surface area contributed by atoms with Crippen LogP contribution >= 0.6 is 0 Å². The molecule has 0 bridgehead atoms. The van der Waals surface area contributed by atoms with Crippen molar-refractivity contribution in [3.05, 3.63) is 35.9 Å². The molecular formula is C14H19N3O4. The van der Waals surface area contributed by atoms with Crippen LogP contribution in [0.1, 0.15) is 5.56 Å². The fourth-order valence-corrected chi connectivity index (χ4v) is 1.44. The van der Waals surface area contributed by atoms with Crippen LogP contribution in [0.15, 0.2) is 30.3 Å². The highest BCUT2D eigenvalue weighted by Gasteiger charge is 2.13. The van der Waals surface area contributed by atoms with E-state index in [1.54, 1.807) is 0 Å². The van der Waals surface area contributed by atoms with Crippen molar-refractivity contribution in [2.24, 2.45) is 0 Å². The molecule has 21 heavy (non-hydrogen) atoms. The quantitative estimate of drug-likeness (QED) is 0.779. The summed E-state index contributed by atoms with van der Waals surface area (Å²) in [6, 6.07) is 9.21. The van der Waals surface area contributed by atoms with Crippen LogP contribution in [-0.4, -0.2) is 50.0 Å². The van der Waals surface area contributed by atoms with E-state index in [1.165, 1.54) is 19.0 Å². The molecule has 0 aliphatic carbocycles. The van der Waals surface area contributed by atoms with Gasteiger partial charge in [0.2, 0.25) is 11.8 Å². The minimum absolute atomic E-state index is 0.0594. The molecule has 7 nitrogen and oxygen atoms in total. The van der Waals surface area contributed by atoms with E-state index in [0.717, 1.165) is 5.56 Å². The van der Waals surface area contributed by atoms with Gasteiger partial charge in [-0.1, -0.05) is 30.3 Å². The Balaban J connectivity index is 2.26. The maximum Gasteiger partial charge on any atom is 0.407 e. The summed E-state index contributed by atoms with van der Waals surface area (Å²) < 4.78 is 4.96. The van der Waals surface area contributed by atoms with E-state index in [4.69, 9.17) is 4.74 Å². The minimum atomic E-state index is -0.680. The first-order chi connectivity index (χ1) is 10.0. The van der Waals surface area contributed by atoms with Gasteiger partial charge in [0, 0.05) is 14.1 Å². The summed E-state index contributed by atoms with van der Waals surface area (Å²) >= 11 is 0. The Morgan fingerprint density at radius 2 is 1.86 bits per heavy atom. The van der Waals surface area contributed by atoms with E-state index in [0.29, 0.717) is 0 Å². The van der Waals surface area contributed by atoms with E-state index in [2.05, 4.69) is 10.6 Å². The van der Waals surface area contributed by atoms with Crippen LogP contribution in [0, 0.1) is 0 Å². The zero-order valence-corrected chi connectivity index (χ0v) is 12.1. The average molecular weight is 293 g/mol. The number of ether oxygens (including phenoxy) is 1. The van der Waals surface area contributed by atoms with Gasteiger partial charge in [-0.05, 0) is 5.56 Å². The predicted octanol–water partition coefficient (Wildman–Crippen LogP) is 0.117. The fourth-order valence-electron chi connectivity index (χ4n) is 1.44. The minimum Gasteiger partial charge on any atom is -0.445 e. The monoisotopic (exact) mass is 293 g/mol. The normalized spacial score (nSPS) is 9.62. The number of carbonyl (C=O) groups is 3. The Morgan fingerprint density at radius 3 is 2.48 bits per heavy atom. The first-order valence-electron chi connectivity index (χ1n) is 6.42. The van der Waals surface area contributed by atoms with Crippen LogP contribution in [0.25, 0.3) is 0 Å². The van der Waals surface area contributed by atoms with E-state index in [9.17, 15) is 14.4 Å². The Morgan fingerprint density at radius 1 is 1.19 bits per heavy atom. The van der Waals surface area contributed by atoms with Gasteiger partial charge in [0.15, 0.2) is 0 Å². The largest absolute Gasteiger partial charge is 0.445 e. The second-order valence-corrected chi connectivity index (χ2v) is 4.34. The Labute approximate surface area is 123 Å². The van der Waals surface area contributed by atoms with Crippen molar-refractivity contribution in [3.8, 4) is 0 Å². The molecule has 2 N–H and O–H groups in total. The van der Waals surface area contributed by atoms with Crippen LogP contribution in [0.5, 0.6) is 0 Å². The van der Waals surface area contributed by atoms with Crippen molar-refractivity contribution >= 4 is 17.9 Å². The number of amides is 3. The third kappa shape index (κ3) is 6.42. The Hall–Kier alpha value is -2.57. The molecule has 0 radical (unpaired) electrons. The number of hydrogen-bond acceptors (Lipinski definition) is 4. The molecule has 0 atom stereocenters. The Bertz CT molecular complexity index is 490. The standard InChI is InChI=1S/C14H19N3O4/c1-15-12(18)9-17(2)13(19)8-16-14(20)21-10-11-6-4-3-5-7-11/h3-7H,8-10H2,1-2H3,(H,15,18)(H,16,20). The van der Waals surface area contributed by atoms with Crippen molar-refractivity contribution in [1.29, 1.82) is 0 Å². The van der Waals surface area contributed by atoms with Crippen LogP contribution in [0.2, 0.25) is 0 Å². The van der Waals surface area contributed by atoms with Gasteiger partial charge in [0.1, 0.15) is 13.2 Å². The number of alkyl carbamates (subject to hydrolysis) is 1. The molecule has 0 spiro atoms. The predicted molar refractivity (Wildman–Crippen MR) is 76.3 cm³/mol. The molecule has 0 saturated carbocycles. The number of rotatable bonds is 6. The molecule has 0 aliphatic heterocycles. The highest BCUT2D eigenvalue weighted by atomic mass is 16.5. The number of nitrogens with zero attached hydrogens (tertiary/aromatic N) is 1. The molecule has 114 valence electrons. The summed E-state index contributed by atoms with van der Waals surface area (Å²) in [6.45, 7) is -0.147. The third-order valence-electron chi connectivity index (χ3n) is 2.68. The van der Waals surface area contributed by atoms with Crippen molar-refractivity contribution < 1.29 is 19.1 Å². The van der Waals surface area contributed by atoms with Crippen LogP contribution in [0.3, 0.4) is 0 Å². The molecule has 3 amide bonds. The van der Waals surface area contributed by atoms with Gasteiger partial charge in [-0.25, -0.2) is 4.79 Å². The first kappa shape index (κ1) is 16.5. The SMILES string of the molecule is CNC(=O)CN(C)C(=O)CNC(=O)OCc1ccccc1. The van der Waals surface area contributed by atoms with Crippen LogP contribution in [0.4, 0.5) is 4.79 Å². The lowest BCUT2D eigenvalue weighted by molar-refractivity contribution is -0.133. The van der Waals surface area contributed by atoms with Gasteiger partial charge < -0.3 is 20.3 Å². The fraction of sp³-hybridized carbons (Fsp3) is 0.357.